The lowest BCUT2D eigenvalue weighted by Crippen LogP contribution is -1.93. The minimum Gasteiger partial charge on any atom is -0.454 e. The summed E-state index contributed by atoms with van der Waals surface area (Å²) in [4.78, 5) is 0. The smallest absolute Gasteiger partial charge is 0.231 e. The minimum atomic E-state index is 0. The van der Waals surface area contributed by atoms with E-state index in [4.69, 9.17) is 9.47 Å². The molecule has 0 atom stereocenters. The lowest BCUT2D eigenvalue weighted by molar-refractivity contribution is 0.174. The van der Waals surface area contributed by atoms with Crippen molar-refractivity contribution in [3.8, 4) is 11.5 Å². The first-order chi connectivity index (χ1) is 5.77. The molecule has 0 saturated carbocycles. The molecule has 0 saturated heterocycles. The van der Waals surface area contributed by atoms with Gasteiger partial charge < -0.3 is 15.6 Å². The van der Waals surface area contributed by atoms with Gasteiger partial charge in [0, 0.05) is 0 Å². The molecule has 0 aliphatic carbocycles. The van der Waals surface area contributed by atoms with Crippen LogP contribution in [0.3, 0.4) is 0 Å². The summed E-state index contributed by atoms with van der Waals surface area (Å²) >= 11 is 0. The molecule has 1 aliphatic rings. The fourth-order valence-corrected chi connectivity index (χ4v) is 1.27. The van der Waals surface area contributed by atoms with Crippen LogP contribution in [0.15, 0.2) is 18.2 Å². The van der Waals surface area contributed by atoms with E-state index in [0.29, 0.717) is 12.7 Å². The summed E-state index contributed by atoms with van der Waals surface area (Å²) in [5.74, 6) is 2.28. The first-order valence-electron chi connectivity index (χ1n) is 4.17. The zero-order valence-electron chi connectivity index (χ0n) is 8.04. The number of hydrogen-bond donors (Lipinski definition) is 1. The summed E-state index contributed by atoms with van der Waals surface area (Å²) < 4.78 is 10.5. The topological polar surface area (TPSA) is 53.5 Å². The molecule has 0 unspecified atom stereocenters. The van der Waals surface area contributed by atoms with Crippen molar-refractivity contribution in [3.05, 3.63) is 23.8 Å². The average Bonchev–Trinajstić information content (AvgIpc) is 2.49. The monoisotopic (exact) mass is 213 g/mol. The Kier molecular flexibility index (Phi) is 6.81. The highest BCUT2D eigenvalue weighted by Crippen LogP contribution is 2.34. The molecule has 1 aliphatic heterocycles. The van der Waals surface area contributed by atoms with E-state index in [0.717, 1.165) is 11.5 Å². The van der Waals surface area contributed by atoms with Crippen molar-refractivity contribution >= 4 is 0 Å². The second kappa shape index (κ2) is 6.30. The Hall–Kier alpha value is -1.22. The summed E-state index contributed by atoms with van der Waals surface area (Å²) in [6.45, 7) is 4.69. The third kappa shape index (κ3) is 3.13. The molecule has 0 bridgehead atoms. The number of benzene rings is 1. The van der Waals surface area contributed by atoms with Crippen molar-refractivity contribution in [2.75, 3.05) is 6.79 Å². The van der Waals surface area contributed by atoms with Gasteiger partial charge in [-0.1, -0.05) is 34.8 Å². The van der Waals surface area contributed by atoms with Crippen molar-refractivity contribution in [2.45, 2.75) is 34.6 Å². The van der Waals surface area contributed by atoms with Crippen molar-refractivity contribution in [1.82, 2.24) is 6.15 Å². The molecule has 3 heteroatoms. The first-order valence-corrected chi connectivity index (χ1v) is 4.17. The van der Waals surface area contributed by atoms with Gasteiger partial charge in [-0.3, -0.25) is 0 Å². The highest BCUT2D eigenvalue weighted by atomic mass is 16.7. The lowest BCUT2D eigenvalue weighted by Gasteiger charge is -2.05. The van der Waals surface area contributed by atoms with Crippen molar-refractivity contribution in [1.29, 1.82) is 0 Å². The van der Waals surface area contributed by atoms with E-state index in [1.165, 1.54) is 5.56 Å². The minimum absolute atomic E-state index is 0. The molecule has 3 nitrogen and oxygen atoms in total. The zero-order valence-corrected chi connectivity index (χ0v) is 8.04. The molecule has 0 amide bonds. The standard InChI is InChI=1S/C10H12O2.2CH4.H3N/c1-7(2)8-3-4-9-10(5-8)12-6-11-9;;;/h3-5,7H,6H2,1-2H3;2*1H4;1H3. The van der Waals surface area contributed by atoms with Gasteiger partial charge in [-0.05, 0) is 23.6 Å². The van der Waals surface area contributed by atoms with Gasteiger partial charge in [0.2, 0.25) is 6.79 Å². The fraction of sp³-hybridized carbons (Fsp3) is 0.500. The second-order valence-electron chi connectivity index (χ2n) is 3.27. The Morgan fingerprint density at radius 2 is 1.67 bits per heavy atom. The van der Waals surface area contributed by atoms with Crippen LogP contribution in [0.4, 0.5) is 0 Å². The Labute approximate surface area is 93.0 Å². The maximum Gasteiger partial charge on any atom is 0.231 e. The third-order valence-corrected chi connectivity index (χ3v) is 2.06. The van der Waals surface area contributed by atoms with Crippen LogP contribution in [-0.4, -0.2) is 6.79 Å². The zero-order chi connectivity index (χ0) is 8.55. The molecule has 1 aromatic rings. The highest BCUT2D eigenvalue weighted by Gasteiger charge is 2.13. The summed E-state index contributed by atoms with van der Waals surface area (Å²) in [5.41, 5.74) is 1.29. The van der Waals surface area contributed by atoms with Crippen LogP contribution < -0.4 is 15.6 Å². The van der Waals surface area contributed by atoms with Gasteiger partial charge in [0.25, 0.3) is 0 Å². The molecular weight excluding hydrogens is 190 g/mol. The van der Waals surface area contributed by atoms with Gasteiger partial charge in [0.15, 0.2) is 11.5 Å². The molecule has 1 heterocycles. The van der Waals surface area contributed by atoms with Crippen molar-refractivity contribution < 1.29 is 9.47 Å². The summed E-state index contributed by atoms with van der Waals surface area (Å²) in [6, 6.07) is 6.10. The van der Waals surface area contributed by atoms with Crippen LogP contribution in [0.2, 0.25) is 0 Å². The van der Waals surface area contributed by atoms with Gasteiger partial charge in [0.05, 0.1) is 0 Å². The van der Waals surface area contributed by atoms with Crippen LogP contribution in [0.25, 0.3) is 0 Å². The van der Waals surface area contributed by atoms with Gasteiger partial charge in [-0.25, -0.2) is 0 Å². The number of rotatable bonds is 1. The SMILES string of the molecule is C.C.CC(C)c1ccc2c(c1)OCO2.N. The maximum atomic E-state index is 5.27. The van der Waals surface area contributed by atoms with E-state index in [1.807, 2.05) is 12.1 Å². The molecule has 0 spiro atoms. The molecule has 2 rings (SSSR count). The third-order valence-electron chi connectivity index (χ3n) is 2.06. The van der Waals surface area contributed by atoms with Gasteiger partial charge in [0.1, 0.15) is 0 Å². The normalized spacial score (nSPS) is 11.1. The predicted octanol–water partition coefficient (Wildman–Crippen LogP) is 3.97. The second-order valence-corrected chi connectivity index (χ2v) is 3.27. The summed E-state index contributed by atoms with van der Waals surface area (Å²) in [6.07, 6.45) is 0. The van der Waals surface area contributed by atoms with Crippen LogP contribution in [0.1, 0.15) is 40.2 Å². The average molecular weight is 213 g/mol. The Morgan fingerprint density at radius 3 is 2.27 bits per heavy atom. The van der Waals surface area contributed by atoms with Crippen molar-refractivity contribution in [3.63, 3.8) is 0 Å². The van der Waals surface area contributed by atoms with Gasteiger partial charge >= 0.3 is 0 Å². The molecule has 0 radical (unpaired) electrons. The summed E-state index contributed by atoms with van der Waals surface area (Å²) in [5, 5.41) is 0. The number of hydrogen-bond acceptors (Lipinski definition) is 3. The lowest BCUT2D eigenvalue weighted by atomic mass is 10.0. The molecular formula is C12H23NO2. The molecule has 88 valence electrons. The predicted molar refractivity (Wildman–Crippen MR) is 65.1 cm³/mol. The van der Waals surface area contributed by atoms with E-state index < -0.39 is 0 Å². The van der Waals surface area contributed by atoms with Crippen LogP contribution >= 0.6 is 0 Å². The highest BCUT2D eigenvalue weighted by molar-refractivity contribution is 5.45. The van der Waals surface area contributed by atoms with E-state index in [-0.39, 0.29) is 21.0 Å². The maximum absolute atomic E-state index is 5.27. The van der Waals surface area contributed by atoms with Crippen LogP contribution in [0, 0.1) is 0 Å². The van der Waals surface area contributed by atoms with E-state index in [2.05, 4.69) is 19.9 Å². The summed E-state index contributed by atoms with van der Waals surface area (Å²) in [7, 11) is 0. The van der Waals surface area contributed by atoms with Crippen LogP contribution in [0.5, 0.6) is 11.5 Å². The van der Waals surface area contributed by atoms with E-state index in [9.17, 15) is 0 Å². The molecule has 1 aromatic carbocycles. The molecule has 0 aromatic heterocycles. The van der Waals surface area contributed by atoms with E-state index in [1.54, 1.807) is 0 Å². The number of ether oxygens (including phenoxy) is 2. The Morgan fingerprint density at radius 1 is 1.07 bits per heavy atom. The fourth-order valence-electron chi connectivity index (χ4n) is 1.27. The first kappa shape index (κ1) is 16.2. The van der Waals surface area contributed by atoms with Gasteiger partial charge in [-0.2, -0.15) is 0 Å². The number of fused-ring (bicyclic) bond motifs is 1. The quantitative estimate of drug-likeness (QED) is 0.767. The van der Waals surface area contributed by atoms with E-state index >= 15 is 0 Å². The molecule has 0 fully saturated rings. The molecule has 3 N–H and O–H groups in total. The molecule has 15 heavy (non-hydrogen) atoms. The van der Waals surface area contributed by atoms with Crippen molar-refractivity contribution in [2.24, 2.45) is 0 Å². The largest absolute Gasteiger partial charge is 0.454 e. The van der Waals surface area contributed by atoms with Gasteiger partial charge in [-0.15, -0.1) is 0 Å². The Bertz CT molecular complexity index is 298. The van der Waals surface area contributed by atoms with Crippen LogP contribution in [-0.2, 0) is 0 Å². The Balaban J connectivity index is 0.